The van der Waals surface area contributed by atoms with Gasteiger partial charge in [0.15, 0.2) is 0 Å². The van der Waals surface area contributed by atoms with E-state index >= 15 is 0 Å². The SMILES string of the molecule is CN1CCC(c2ncc3c(cnn3-c3ccc4cn[nH]c4c3)n2)CC1. The molecule has 7 nitrogen and oxygen atoms in total. The molecule has 3 aromatic heterocycles. The van der Waals surface area contributed by atoms with Gasteiger partial charge in [0.25, 0.3) is 0 Å². The third kappa shape index (κ3) is 2.47. The van der Waals surface area contributed by atoms with Gasteiger partial charge in [-0.1, -0.05) is 0 Å². The normalized spacial score (nSPS) is 16.8. The van der Waals surface area contributed by atoms with E-state index in [4.69, 9.17) is 4.98 Å². The molecule has 0 bridgehead atoms. The number of nitrogens with one attached hydrogen (secondary N) is 1. The van der Waals surface area contributed by atoms with Crippen LogP contribution in [0.25, 0.3) is 27.6 Å². The van der Waals surface area contributed by atoms with Gasteiger partial charge in [-0.25, -0.2) is 14.6 Å². The van der Waals surface area contributed by atoms with Crippen molar-refractivity contribution in [1.82, 2.24) is 34.8 Å². The van der Waals surface area contributed by atoms with Crippen molar-refractivity contribution in [3.8, 4) is 5.69 Å². The van der Waals surface area contributed by atoms with Gasteiger partial charge in [0.05, 0.1) is 29.8 Å². The zero-order valence-corrected chi connectivity index (χ0v) is 14.1. The molecule has 1 aliphatic rings. The second-order valence-electron chi connectivity index (χ2n) is 6.77. The molecule has 1 aliphatic heterocycles. The molecule has 25 heavy (non-hydrogen) atoms. The third-order valence-electron chi connectivity index (χ3n) is 5.09. The average Bonchev–Trinajstić information content (AvgIpc) is 3.27. The number of piperidine rings is 1. The van der Waals surface area contributed by atoms with E-state index in [1.807, 2.05) is 41.5 Å². The van der Waals surface area contributed by atoms with Gasteiger partial charge in [0.1, 0.15) is 16.9 Å². The number of fused-ring (bicyclic) bond motifs is 2. The lowest BCUT2D eigenvalue weighted by Crippen LogP contribution is -2.29. The van der Waals surface area contributed by atoms with Crippen LogP contribution in [0.5, 0.6) is 0 Å². The smallest absolute Gasteiger partial charge is 0.132 e. The van der Waals surface area contributed by atoms with E-state index < -0.39 is 0 Å². The minimum Gasteiger partial charge on any atom is -0.306 e. The first-order valence-electron chi connectivity index (χ1n) is 8.61. The molecular formula is C18H19N7. The number of aromatic amines is 1. The number of benzene rings is 1. The van der Waals surface area contributed by atoms with Gasteiger partial charge in [0, 0.05) is 11.3 Å². The lowest BCUT2D eigenvalue weighted by Gasteiger charge is -2.27. The van der Waals surface area contributed by atoms with Gasteiger partial charge in [-0.2, -0.15) is 10.2 Å². The second kappa shape index (κ2) is 5.63. The summed E-state index contributed by atoms with van der Waals surface area (Å²) in [5.41, 5.74) is 3.79. The Morgan fingerprint density at radius 1 is 1.12 bits per heavy atom. The number of rotatable bonds is 2. The van der Waals surface area contributed by atoms with Crippen LogP contribution < -0.4 is 0 Å². The monoisotopic (exact) mass is 333 g/mol. The molecule has 0 spiro atoms. The highest BCUT2D eigenvalue weighted by Crippen LogP contribution is 2.26. The van der Waals surface area contributed by atoms with Crippen molar-refractivity contribution in [2.24, 2.45) is 0 Å². The molecule has 126 valence electrons. The molecule has 5 rings (SSSR count). The Hall–Kier alpha value is -2.80. The van der Waals surface area contributed by atoms with Crippen LogP contribution in [0.4, 0.5) is 0 Å². The van der Waals surface area contributed by atoms with Crippen LogP contribution in [0.1, 0.15) is 24.6 Å². The van der Waals surface area contributed by atoms with Crippen LogP contribution in [0, 0.1) is 0 Å². The molecule has 0 aliphatic carbocycles. The predicted octanol–water partition coefficient (Wildman–Crippen LogP) is 2.50. The van der Waals surface area contributed by atoms with Gasteiger partial charge < -0.3 is 4.90 Å². The summed E-state index contributed by atoms with van der Waals surface area (Å²) in [6.45, 7) is 2.21. The minimum absolute atomic E-state index is 0.449. The van der Waals surface area contributed by atoms with Crippen LogP contribution >= 0.6 is 0 Å². The standard InChI is InChI=1S/C18H19N7/c1-24-6-4-12(5-7-24)18-19-11-17-16(22-18)10-21-25(17)14-3-2-13-9-20-23-15(13)8-14/h2-3,8-12H,4-7H2,1H3,(H,20,23). The van der Waals surface area contributed by atoms with E-state index in [0.29, 0.717) is 5.92 Å². The second-order valence-corrected chi connectivity index (χ2v) is 6.77. The summed E-state index contributed by atoms with van der Waals surface area (Å²) in [6, 6.07) is 6.12. The van der Waals surface area contributed by atoms with Gasteiger partial charge in [-0.15, -0.1) is 0 Å². The summed E-state index contributed by atoms with van der Waals surface area (Å²) in [6.07, 6.45) is 7.78. The summed E-state index contributed by atoms with van der Waals surface area (Å²) in [4.78, 5) is 11.8. The summed E-state index contributed by atoms with van der Waals surface area (Å²) >= 11 is 0. The van der Waals surface area contributed by atoms with Crippen LogP contribution in [-0.2, 0) is 0 Å². The highest BCUT2D eigenvalue weighted by molar-refractivity contribution is 5.82. The highest BCUT2D eigenvalue weighted by Gasteiger charge is 2.21. The summed E-state index contributed by atoms with van der Waals surface area (Å²) in [5.74, 6) is 1.40. The fourth-order valence-corrected chi connectivity index (χ4v) is 3.56. The minimum atomic E-state index is 0.449. The zero-order chi connectivity index (χ0) is 16.8. The first-order valence-corrected chi connectivity index (χ1v) is 8.61. The molecule has 1 fully saturated rings. The maximum atomic E-state index is 4.79. The molecule has 0 unspecified atom stereocenters. The Morgan fingerprint density at radius 2 is 2.00 bits per heavy atom. The third-order valence-corrected chi connectivity index (χ3v) is 5.09. The van der Waals surface area contributed by atoms with E-state index in [-0.39, 0.29) is 0 Å². The van der Waals surface area contributed by atoms with Crippen LogP contribution in [0.15, 0.2) is 36.8 Å². The van der Waals surface area contributed by atoms with Crippen LogP contribution in [0.2, 0.25) is 0 Å². The van der Waals surface area contributed by atoms with E-state index in [9.17, 15) is 0 Å². The average molecular weight is 333 g/mol. The Bertz CT molecular complexity index is 1040. The maximum absolute atomic E-state index is 4.79. The Morgan fingerprint density at radius 3 is 2.88 bits per heavy atom. The number of likely N-dealkylation sites (tertiary alicyclic amines) is 1. The lowest BCUT2D eigenvalue weighted by molar-refractivity contribution is 0.251. The van der Waals surface area contributed by atoms with Gasteiger partial charge >= 0.3 is 0 Å². The number of H-pyrrole nitrogens is 1. The number of hydrogen-bond acceptors (Lipinski definition) is 5. The van der Waals surface area contributed by atoms with E-state index in [1.54, 1.807) is 0 Å². The molecule has 0 radical (unpaired) electrons. The fraction of sp³-hybridized carbons (Fsp3) is 0.333. The van der Waals surface area contributed by atoms with Crippen LogP contribution in [0.3, 0.4) is 0 Å². The predicted molar refractivity (Wildman–Crippen MR) is 95.8 cm³/mol. The van der Waals surface area contributed by atoms with Crippen molar-refractivity contribution in [1.29, 1.82) is 0 Å². The van der Waals surface area contributed by atoms with Gasteiger partial charge in [-0.05, 0) is 51.2 Å². The van der Waals surface area contributed by atoms with Crippen molar-refractivity contribution in [3.63, 3.8) is 0 Å². The van der Waals surface area contributed by atoms with Gasteiger partial charge in [-0.3, -0.25) is 5.10 Å². The molecule has 0 atom stereocenters. The molecule has 1 N–H and O–H groups in total. The molecule has 7 heteroatoms. The quantitative estimate of drug-likeness (QED) is 0.610. The van der Waals surface area contributed by atoms with Gasteiger partial charge in [0.2, 0.25) is 0 Å². The van der Waals surface area contributed by atoms with E-state index in [1.165, 1.54) is 0 Å². The Kier molecular flexibility index (Phi) is 3.27. The topological polar surface area (TPSA) is 75.5 Å². The molecule has 4 heterocycles. The van der Waals surface area contributed by atoms with Crippen molar-refractivity contribution in [3.05, 3.63) is 42.6 Å². The summed E-state index contributed by atoms with van der Waals surface area (Å²) in [7, 11) is 2.17. The molecule has 0 amide bonds. The highest BCUT2D eigenvalue weighted by atomic mass is 15.3. The van der Waals surface area contributed by atoms with Crippen molar-refractivity contribution < 1.29 is 0 Å². The largest absolute Gasteiger partial charge is 0.306 e. The number of nitrogens with zero attached hydrogens (tertiary/aromatic N) is 6. The van der Waals surface area contributed by atoms with Crippen LogP contribution in [-0.4, -0.2) is 55.0 Å². The van der Waals surface area contributed by atoms with E-state index in [0.717, 1.165) is 59.4 Å². The molecule has 1 aromatic carbocycles. The number of aromatic nitrogens is 6. The first kappa shape index (κ1) is 14.5. The Labute approximate surface area is 144 Å². The molecule has 1 saturated heterocycles. The Balaban J connectivity index is 1.52. The van der Waals surface area contributed by atoms with Crippen molar-refractivity contribution in [2.45, 2.75) is 18.8 Å². The molecular weight excluding hydrogens is 314 g/mol. The van der Waals surface area contributed by atoms with Crippen molar-refractivity contribution in [2.75, 3.05) is 20.1 Å². The molecule has 0 saturated carbocycles. The zero-order valence-electron chi connectivity index (χ0n) is 14.1. The maximum Gasteiger partial charge on any atom is 0.132 e. The summed E-state index contributed by atoms with van der Waals surface area (Å²) in [5, 5.41) is 12.7. The first-order chi connectivity index (χ1) is 12.3. The van der Waals surface area contributed by atoms with Crippen molar-refractivity contribution >= 4 is 21.9 Å². The summed E-state index contributed by atoms with van der Waals surface area (Å²) < 4.78 is 1.88. The molecule has 4 aromatic rings. The van der Waals surface area contributed by atoms with E-state index in [2.05, 4.69) is 32.2 Å². The lowest BCUT2D eigenvalue weighted by atomic mass is 9.96. The number of hydrogen-bond donors (Lipinski definition) is 1. The fourth-order valence-electron chi connectivity index (χ4n) is 3.56.